The summed E-state index contributed by atoms with van der Waals surface area (Å²) >= 11 is 3.09. The highest BCUT2D eigenvalue weighted by Crippen LogP contribution is 2.20. The average Bonchev–Trinajstić information content (AvgIpc) is 2.37. The molecule has 0 aromatic heterocycles. The van der Waals surface area contributed by atoms with E-state index in [2.05, 4.69) is 15.9 Å². The molecule has 1 heterocycles. The van der Waals surface area contributed by atoms with Gasteiger partial charge in [0.05, 0.1) is 6.61 Å². The monoisotopic (exact) mass is 196 g/mol. The second-order valence-corrected chi connectivity index (χ2v) is 2.94. The van der Waals surface area contributed by atoms with Crippen LogP contribution in [0.4, 0.5) is 4.39 Å². The van der Waals surface area contributed by atoms with Crippen molar-refractivity contribution in [3.05, 3.63) is 0 Å². The molecule has 0 unspecified atom stereocenters. The average molecular weight is 197 g/mol. The highest BCUT2D eigenvalue weighted by Gasteiger charge is 2.23. The fourth-order valence-electron chi connectivity index (χ4n) is 0.964. The van der Waals surface area contributed by atoms with E-state index in [1.807, 2.05) is 0 Å². The van der Waals surface area contributed by atoms with Crippen molar-refractivity contribution in [3.8, 4) is 0 Å². The molecule has 0 aromatic carbocycles. The van der Waals surface area contributed by atoms with Crippen LogP contribution in [0.3, 0.4) is 0 Å². The van der Waals surface area contributed by atoms with Gasteiger partial charge in [0.1, 0.15) is 6.17 Å². The summed E-state index contributed by atoms with van der Waals surface area (Å²) in [5, 5.41) is 0.445. The van der Waals surface area contributed by atoms with Gasteiger partial charge >= 0.3 is 0 Å². The molecule has 0 radical (unpaired) electrons. The fourth-order valence-corrected chi connectivity index (χ4v) is 1.49. The largest absolute Gasteiger partial charge is 0.381 e. The van der Waals surface area contributed by atoms with E-state index in [4.69, 9.17) is 4.74 Å². The Kier molecular flexibility index (Phi) is 2.92. The van der Waals surface area contributed by atoms with Gasteiger partial charge in [-0.15, -0.1) is 0 Å². The Morgan fingerprint density at radius 2 is 2.56 bits per heavy atom. The minimum absolute atomic E-state index is 0.143. The van der Waals surface area contributed by atoms with Crippen LogP contribution >= 0.6 is 15.9 Å². The Morgan fingerprint density at radius 3 is 3.00 bits per heavy atom. The van der Waals surface area contributed by atoms with Crippen molar-refractivity contribution in [2.75, 3.05) is 18.5 Å². The van der Waals surface area contributed by atoms with Crippen molar-refractivity contribution in [1.82, 2.24) is 0 Å². The SMILES string of the molecule is F[C@@H](CBr)[C@@H]1CCOC1. The molecule has 0 spiro atoms. The van der Waals surface area contributed by atoms with Gasteiger partial charge in [-0.1, -0.05) is 15.9 Å². The zero-order chi connectivity index (χ0) is 6.69. The molecular weight excluding hydrogens is 187 g/mol. The first-order valence-corrected chi connectivity index (χ1v) is 4.24. The van der Waals surface area contributed by atoms with Gasteiger partial charge in [0, 0.05) is 17.9 Å². The second kappa shape index (κ2) is 3.52. The van der Waals surface area contributed by atoms with E-state index in [-0.39, 0.29) is 5.92 Å². The summed E-state index contributed by atoms with van der Waals surface area (Å²) < 4.78 is 17.7. The Labute approximate surface area is 62.7 Å². The van der Waals surface area contributed by atoms with E-state index in [0.29, 0.717) is 11.9 Å². The van der Waals surface area contributed by atoms with Crippen LogP contribution < -0.4 is 0 Å². The molecular formula is C6H10BrFO. The molecule has 3 heteroatoms. The highest BCUT2D eigenvalue weighted by molar-refractivity contribution is 9.09. The van der Waals surface area contributed by atoms with E-state index in [9.17, 15) is 4.39 Å². The standard InChI is InChI=1S/C6H10BrFO/c7-3-6(8)5-1-2-9-4-5/h5-6H,1-4H2/t5-,6+/m1/s1. The first kappa shape index (κ1) is 7.48. The van der Waals surface area contributed by atoms with Gasteiger partial charge in [0.25, 0.3) is 0 Å². The van der Waals surface area contributed by atoms with Crippen molar-refractivity contribution < 1.29 is 9.13 Å². The van der Waals surface area contributed by atoms with Crippen LogP contribution in [-0.4, -0.2) is 24.7 Å². The number of hydrogen-bond donors (Lipinski definition) is 0. The van der Waals surface area contributed by atoms with Gasteiger partial charge in [0.2, 0.25) is 0 Å². The maximum absolute atomic E-state index is 12.7. The minimum atomic E-state index is -0.715. The third-order valence-corrected chi connectivity index (χ3v) is 2.24. The van der Waals surface area contributed by atoms with Crippen LogP contribution in [0.5, 0.6) is 0 Å². The summed E-state index contributed by atoms with van der Waals surface area (Å²) in [5.41, 5.74) is 0. The van der Waals surface area contributed by atoms with Crippen LogP contribution in [0.25, 0.3) is 0 Å². The van der Waals surface area contributed by atoms with Crippen LogP contribution in [0.15, 0.2) is 0 Å². The molecule has 0 aliphatic carbocycles. The van der Waals surface area contributed by atoms with Crippen LogP contribution in [0.1, 0.15) is 6.42 Å². The molecule has 0 N–H and O–H groups in total. The first-order valence-electron chi connectivity index (χ1n) is 3.12. The highest BCUT2D eigenvalue weighted by atomic mass is 79.9. The third-order valence-electron chi connectivity index (χ3n) is 1.62. The summed E-state index contributed by atoms with van der Waals surface area (Å²) in [4.78, 5) is 0. The molecule has 0 aromatic rings. The van der Waals surface area contributed by atoms with Gasteiger partial charge in [-0.3, -0.25) is 0 Å². The van der Waals surface area contributed by atoms with E-state index in [1.165, 1.54) is 0 Å². The number of hydrogen-bond acceptors (Lipinski definition) is 1. The maximum Gasteiger partial charge on any atom is 0.115 e. The minimum Gasteiger partial charge on any atom is -0.381 e. The van der Waals surface area contributed by atoms with Gasteiger partial charge < -0.3 is 4.74 Å². The number of rotatable bonds is 2. The quantitative estimate of drug-likeness (QED) is 0.613. The summed E-state index contributed by atoms with van der Waals surface area (Å²) in [7, 11) is 0. The molecule has 1 saturated heterocycles. The molecule has 0 amide bonds. The van der Waals surface area contributed by atoms with Gasteiger partial charge in [0.15, 0.2) is 0 Å². The van der Waals surface area contributed by atoms with Crippen LogP contribution in [-0.2, 0) is 4.74 Å². The lowest BCUT2D eigenvalue weighted by atomic mass is 10.1. The van der Waals surface area contributed by atoms with Crippen molar-refractivity contribution in [2.45, 2.75) is 12.6 Å². The Morgan fingerprint density at radius 1 is 1.78 bits per heavy atom. The Hall–Kier alpha value is 0.370. The summed E-state index contributed by atoms with van der Waals surface area (Å²) in [6.07, 6.45) is 0.166. The third kappa shape index (κ3) is 1.90. The molecule has 1 aliphatic heterocycles. The van der Waals surface area contributed by atoms with Gasteiger partial charge in [-0.2, -0.15) is 0 Å². The molecule has 9 heavy (non-hydrogen) atoms. The topological polar surface area (TPSA) is 9.23 Å². The number of ether oxygens (including phenoxy) is 1. The molecule has 1 fully saturated rings. The zero-order valence-corrected chi connectivity index (χ0v) is 6.73. The van der Waals surface area contributed by atoms with Gasteiger partial charge in [-0.05, 0) is 6.42 Å². The molecule has 1 rings (SSSR count). The molecule has 1 nitrogen and oxygen atoms in total. The number of alkyl halides is 2. The fraction of sp³-hybridized carbons (Fsp3) is 1.00. The molecule has 54 valence electrons. The van der Waals surface area contributed by atoms with E-state index < -0.39 is 6.17 Å². The van der Waals surface area contributed by atoms with Crippen molar-refractivity contribution in [1.29, 1.82) is 0 Å². The molecule has 2 atom stereocenters. The van der Waals surface area contributed by atoms with E-state index >= 15 is 0 Å². The molecule has 1 aliphatic rings. The number of halogens is 2. The summed E-state index contributed by atoms with van der Waals surface area (Å²) in [6.45, 7) is 1.34. The van der Waals surface area contributed by atoms with Crippen molar-refractivity contribution in [3.63, 3.8) is 0 Å². The smallest absolute Gasteiger partial charge is 0.115 e. The van der Waals surface area contributed by atoms with Crippen molar-refractivity contribution in [2.24, 2.45) is 5.92 Å². The predicted octanol–water partition coefficient (Wildman–Crippen LogP) is 1.76. The predicted molar refractivity (Wildman–Crippen MR) is 37.6 cm³/mol. The molecule has 0 saturated carbocycles. The summed E-state index contributed by atoms with van der Waals surface area (Å²) in [5.74, 6) is 0.143. The van der Waals surface area contributed by atoms with E-state index in [0.717, 1.165) is 13.0 Å². The summed E-state index contributed by atoms with van der Waals surface area (Å²) in [6, 6.07) is 0. The van der Waals surface area contributed by atoms with E-state index in [1.54, 1.807) is 0 Å². The Balaban J connectivity index is 2.24. The zero-order valence-electron chi connectivity index (χ0n) is 5.15. The Bertz CT molecular complexity index is 83.1. The van der Waals surface area contributed by atoms with Crippen LogP contribution in [0.2, 0.25) is 0 Å². The van der Waals surface area contributed by atoms with Crippen LogP contribution in [0, 0.1) is 5.92 Å². The molecule has 0 bridgehead atoms. The van der Waals surface area contributed by atoms with Crippen molar-refractivity contribution >= 4 is 15.9 Å². The lowest BCUT2D eigenvalue weighted by Crippen LogP contribution is -2.16. The lowest BCUT2D eigenvalue weighted by Gasteiger charge is -2.09. The first-order chi connectivity index (χ1) is 4.34. The van der Waals surface area contributed by atoms with Gasteiger partial charge in [-0.25, -0.2) is 4.39 Å². The normalized spacial score (nSPS) is 30.7. The lowest BCUT2D eigenvalue weighted by molar-refractivity contribution is 0.162. The maximum atomic E-state index is 12.7. The second-order valence-electron chi connectivity index (χ2n) is 2.29.